The predicted octanol–water partition coefficient (Wildman–Crippen LogP) is 2.92. The topological polar surface area (TPSA) is 32.3 Å². The molecule has 1 aromatic rings. The number of hydrogen-bond donors (Lipinski definition) is 2. The van der Waals surface area contributed by atoms with Crippen LogP contribution in [0.4, 0.5) is 0 Å². The molecule has 1 aromatic carbocycles. The van der Waals surface area contributed by atoms with E-state index in [0.717, 1.165) is 12.3 Å². The average Bonchev–Trinajstić information content (AvgIpc) is 2.24. The van der Waals surface area contributed by atoms with Crippen molar-refractivity contribution in [1.29, 1.82) is 0 Å². The van der Waals surface area contributed by atoms with Crippen molar-refractivity contribution in [2.75, 3.05) is 12.3 Å². The maximum atomic E-state index is 9.99. The smallest absolute Gasteiger partial charge is 0.0767 e. The SMILES string of the molecule is CC(C)(O)C(C)(C)NCCSc1ccccc1. The zero-order valence-electron chi connectivity index (χ0n) is 11.2. The molecule has 96 valence electrons. The lowest BCUT2D eigenvalue weighted by atomic mass is 9.86. The third kappa shape index (κ3) is 4.70. The molecule has 17 heavy (non-hydrogen) atoms. The molecule has 0 heterocycles. The summed E-state index contributed by atoms with van der Waals surface area (Å²) in [4.78, 5) is 1.29. The Morgan fingerprint density at radius 1 is 1.12 bits per heavy atom. The van der Waals surface area contributed by atoms with Gasteiger partial charge in [-0.3, -0.25) is 0 Å². The highest BCUT2D eigenvalue weighted by molar-refractivity contribution is 7.99. The molecule has 0 radical (unpaired) electrons. The second-order valence-corrected chi connectivity index (χ2v) is 6.44. The molecule has 3 heteroatoms. The number of nitrogens with one attached hydrogen (secondary N) is 1. The largest absolute Gasteiger partial charge is 0.389 e. The first-order chi connectivity index (χ1) is 7.83. The van der Waals surface area contributed by atoms with Crippen molar-refractivity contribution in [2.24, 2.45) is 0 Å². The lowest BCUT2D eigenvalue weighted by molar-refractivity contribution is -0.00340. The Hall–Kier alpha value is -0.510. The second kappa shape index (κ2) is 5.89. The fourth-order valence-electron chi connectivity index (χ4n) is 1.27. The molecule has 2 N–H and O–H groups in total. The van der Waals surface area contributed by atoms with Gasteiger partial charge in [-0.1, -0.05) is 18.2 Å². The van der Waals surface area contributed by atoms with E-state index >= 15 is 0 Å². The summed E-state index contributed by atoms with van der Waals surface area (Å²) >= 11 is 1.83. The number of rotatable bonds is 6. The van der Waals surface area contributed by atoms with Crippen LogP contribution in [0.2, 0.25) is 0 Å². The molecule has 0 atom stereocenters. The number of benzene rings is 1. The van der Waals surface area contributed by atoms with E-state index in [9.17, 15) is 5.11 Å². The van der Waals surface area contributed by atoms with Crippen LogP contribution in [0.25, 0.3) is 0 Å². The van der Waals surface area contributed by atoms with Crippen LogP contribution < -0.4 is 5.32 Å². The summed E-state index contributed by atoms with van der Waals surface area (Å²) in [6.45, 7) is 8.62. The van der Waals surface area contributed by atoms with Gasteiger partial charge in [-0.05, 0) is 39.8 Å². The van der Waals surface area contributed by atoms with Gasteiger partial charge >= 0.3 is 0 Å². The highest BCUT2D eigenvalue weighted by Crippen LogP contribution is 2.21. The summed E-state index contributed by atoms with van der Waals surface area (Å²) in [5.41, 5.74) is -0.991. The van der Waals surface area contributed by atoms with Crippen molar-refractivity contribution in [1.82, 2.24) is 5.32 Å². The Kier molecular flexibility index (Phi) is 5.04. The average molecular weight is 253 g/mol. The van der Waals surface area contributed by atoms with E-state index in [-0.39, 0.29) is 5.54 Å². The molecule has 0 unspecified atom stereocenters. The standard InChI is InChI=1S/C14H23NOS/c1-13(2,14(3,4)16)15-10-11-17-12-8-6-5-7-9-12/h5-9,15-16H,10-11H2,1-4H3. The highest BCUT2D eigenvalue weighted by Gasteiger charge is 2.33. The molecule has 0 aromatic heterocycles. The van der Waals surface area contributed by atoms with Crippen molar-refractivity contribution in [3.8, 4) is 0 Å². The van der Waals surface area contributed by atoms with Gasteiger partial charge in [-0.15, -0.1) is 11.8 Å². The van der Waals surface area contributed by atoms with Crippen LogP contribution in [0, 0.1) is 0 Å². The highest BCUT2D eigenvalue weighted by atomic mass is 32.2. The zero-order chi connectivity index (χ0) is 12.9. The maximum absolute atomic E-state index is 9.99. The summed E-state index contributed by atoms with van der Waals surface area (Å²) in [5.74, 6) is 1.00. The van der Waals surface area contributed by atoms with Gasteiger partial charge in [0.05, 0.1) is 5.60 Å². The number of thioether (sulfide) groups is 1. The van der Waals surface area contributed by atoms with E-state index in [1.54, 1.807) is 0 Å². The van der Waals surface area contributed by atoms with E-state index in [0.29, 0.717) is 0 Å². The summed E-state index contributed by atoms with van der Waals surface area (Å²) in [6, 6.07) is 10.4. The van der Waals surface area contributed by atoms with Gasteiger partial charge in [0.25, 0.3) is 0 Å². The molecule has 0 aliphatic carbocycles. The molecule has 0 fully saturated rings. The Labute approximate surface area is 109 Å². The van der Waals surface area contributed by atoms with E-state index in [4.69, 9.17) is 0 Å². The zero-order valence-corrected chi connectivity index (χ0v) is 12.0. The van der Waals surface area contributed by atoms with Gasteiger partial charge in [-0.25, -0.2) is 0 Å². The summed E-state index contributed by atoms with van der Waals surface area (Å²) in [5, 5.41) is 13.4. The van der Waals surface area contributed by atoms with Crippen LogP contribution in [0.3, 0.4) is 0 Å². The minimum atomic E-state index is -0.718. The normalized spacial score (nSPS) is 12.8. The van der Waals surface area contributed by atoms with Gasteiger partial charge in [0.2, 0.25) is 0 Å². The van der Waals surface area contributed by atoms with Gasteiger partial charge in [0, 0.05) is 22.7 Å². The molecule has 0 aliphatic rings. The summed E-state index contributed by atoms with van der Waals surface area (Å²) in [7, 11) is 0. The fourth-order valence-corrected chi connectivity index (χ4v) is 2.05. The monoisotopic (exact) mass is 253 g/mol. The van der Waals surface area contributed by atoms with Crippen LogP contribution >= 0.6 is 11.8 Å². The first-order valence-electron chi connectivity index (χ1n) is 5.98. The Balaban J connectivity index is 2.30. The summed E-state index contributed by atoms with van der Waals surface area (Å²) < 4.78 is 0. The van der Waals surface area contributed by atoms with Gasteiger partial charge in [0.1, 0.15) is 0 Å². The van der Waals surface area contributed by atoms with E-state index in [1.165, 1.54) is 4.90 Å². The number of hydrogen-bond acceptors (Lipinski definition) is 3. The molecular weight excluding hydrogens is 230 g/mol. The third-order valence-corrected chi connectivity index (χ3v) is 4.22. The van der Waals surface area contributed by atoms with E-state index in [2.05, 4.69) is 29.6 Å². The summed E-state index contributed by atoms with van der Waals surface area (Å²) in [6.07, 6.45) is 0. The second-order valence-electron chi connectivity index (χ2n) is 5.27. The minimum Gasteiger partial charge on any atom is -0.389 e. The predicted molar refractivity (Wildman–Crippen MR) is 75.5 cm³/mol. The maximum Gasteiger partial charge on any atom is 0.0767 e. The van der Waals surface area contributed by atoms with Crippen LogP contribution in [0.15, 0.2) is 35.2 Å². The van der Waals surface area contributed by atoms with Crippen molar-refractivity contribution in [3.63, 3.8) is 0 Å². The molecule has 0 bridgehead atoms. The molecule has 0 amide bonds. The first kappa shape index (κ1) is 14.6. The van der Waals surface area contributed by atoms with Crippen LogP contribution in [0.1, 0.15) is 27.7 Å². The Morgan fingerprint density at radius 3 is 2.24 bits per heavy atom. The van der Waals surface area contributed by atoms with Gasteiger partial charge in [-0.2, -0.15) is 0 Å². The third-order valence-electron chi connectivity index (χ3n) is 3.21. The van der Waals surface area contributed by atoms with Crippen molar-refractivity contribution in [2.45, 2.75) is 43.7 Å². The number of aliphatic hydroxyl groups is 1. The Morgan fingerprint density at radius 2 is 1.71 bits per heavy atom. The first-order valence-corrected chi connectivity index (χ1v) is 6.97. The lowest BCUT2D eigenvalue weighted by Gasteiger charge is -2.38. The van der Waals surface area contributed by atoms with E-state index in [1.807, 2.05) is 45.5 Å². The van der Waals surface area contributed by atoms with Gasteiger partial charge in [0.15, 0.2) is 0 Å². The van der Waals surface area contributed by atoms with Crippen molar-refractivity contribution < 1.29 is 5.11 Å². The molecular formula is C14H23NOS. The van der Waals surface area contributed by atoms with Gasteiger partial charge < -0.3 is 10.4 Å². The van der Waals surface area contributed by atoms with E-state index < -0.39 is 5.60 Å². The van der Waals surface area contributed by atoms with Crippen LogP contribution in [-0.2, 0) is 0 Å². The fraction of sp³-hybridized carbons (Fsp3) is 0.571. The molecule has 0 saturated carbocycles. The molecule has 1 rings (SSSR count). The quantitative estimate of drug-likeness (QED) is 0.604. The molecule has 2 nitrogen and oxygen atoms in total. The Bertz CT molecular complexity index is 330. The minimum absolute atomic E-state index is 0.274. The molecule has 0 aliphatic heterocycles. The molecule has 0 saturated heterocycles. The van der Waals surface area contributed by atoms with Crippen molar-refractivity contribution >= 4 is 11.8 Å². The lowest BCUT2D eigenvalue weighted by Crippen LogP contribution is -2.56. The van der Waals surface area contributed by atoms with Crippen LogP contribution in [0.5, 0.6) is 0 Å². The molecule has 0 spiro atoms. The van der Waals surface area contributed by atoms with Crippen molar-refractivity contribution in [3.05, 3.63) is 30.3 Å². The van der Waals surface area contributed by atoms with Crippen LogP contribution in [-0.4, -0.2) is 28.5 Å².